The molecule has 6 heteroatoms. The third-order valence-corrected chi connectivity index (χ3v) is 5.39. The summed E-state index contributed by atoms with van der Waals surface area (Å²) in [6.07, 6.45) is 1.73. The van der Waals surface area contributed by atoms with Gasteiger partial charge in [0, 0.05) is 24.3 Å². The standard InChI is InChI=1S/C13H20N2O3S/c1-9-5-11(14)6-10(2)12(9)19(17,18)15-7-13(8-16)3-4-13/h5-6,15-16H,3-4,7-8,14H2,1-2H3. The summed E-state index contributed by atoms with van der Waals surface area (Å²) in [5, 5.41) is 9.22. The van der Waals surface area contributed by atoms with Crippen molar-refractivity contribution in [2.45, 2.75) is 31.6 Å². The van der Waals surface area contributed by atoms with E-state index >= 15 is 0 Å². The van der Waals surface area contributed by atoms with Gasteiger partial charge in [-0.2, -0.15) is 0 Å². The second kappa shape index (κ2) is 4.77. The van der Waals surface area contributed by atoms with Gasteiger partial charge >= 0.3 is 0 Å². The van der Waals surface area contributed by atoms with Gasteiger partial charge < -0.3 is 10.8 Å². The number of aryl methyl sites for hydroxylation is 2. The van der Waals surface area contributed by atoms with Gasteiger partial charge in [-0.1, -0.05) is 0 Å². The third kappa shape index (κ3) is 2.91. The van der Waals surface area contributed by atoms with Gasteiger partial charge in [0.05, 0.1) is 4.90 Å². The second-order valence-electron chi connectivity index (χ2n) is 5.47. The van der Waals surface area contributed by atoms with Crippen LogP contribution in [0.3, 0.4) is 0 Å². The van der Waals surface area contributed by atoms with Gasteiger partial charge in [0.15, 0.2) is 0 Å². The first-order valence-corrected chi connectivity index (χ1v) is 7.75. The molecule has 0 unspecified atom stereocenters. The Kier molecular flexibility index (Phi) is 3.59. The van der Waals surface area contributed by atoms with Crippen molar-refractivity contribution >= 4 is 15.7 Å². The van der Waals surface area contributed by atoms with E-state index in [1.54, 1.807) is 26.0 Å². The molecule has 106 valence electrons. The van der Waals surface area contributed by atoms with Crippen LogP contribution in [0.1, 0.15) is 24.0 Å². The molecular weight excluding hydrogens is 264 g/mol. The van der Waals surface area contributed by atoms with Crippen LogP contribution >= 0.6 is 0 Å². The van der Waals surface area contributed by atoms with Crippen molar-refractivity contribution in [1.82, 2.24) is 4.72 Å². The maximum atomic E-state index is 12.3. The summed E-state index contributed by atoms with van der Waals surface area (Å²) in [4.78, 5) is 0.287. The molecule has 1 aliphatic carbocycles. The van der Waals surface area contributed by atoms with Crippen molar-refractivity contribution in [1.29, 1.82) is 0 Å². The van der Waals surface area contributed by atoms with E-state index in [0.717, 1.165) is 12.8 Å². The second-order valence-corrected chi connectivity index (χ2v) is 7.17. The number of sulfonamides is 1. The Hall–Kier alpha value is -1.11. The van der Waals surface area contributed by atoms with E-state index in [1.807, 2.05) is 0 Å². The lowest BCUT2D eigenvalue weighted by Gasteiger charge is -2.16. The van der Waals surface area contributed by atoms with Gasteiger partial charge in [-0.3, -0.25) is 0 Å². The van der Waals surface area contributed by atoms with Crippen LogP contribution in [-0.4, -0.2) is 26.7 Å². The molecule has 1 aromatic carbocycles. The largest absolute Gasteiger partial charge is 0.399 e. The Morgan fingerprint density at radius 2 is 1.84 bits per heavy atom. The number of benzene rings is 1. The summed E-state index contributed by atoms with van der Waals surface area (Å²) in [6.45, 7) is 3.78. The fourth-order valence-electron chi connectivity index (χ4n) is 2.30. The van der Waals surface area contributed by atoms with Gasteiger partial charge in [-0.15, -0.1) is 0 Å². The lowest BCUT2D eigenvalue weighted by atomic mass is 10.1. The molecule has 1 aromatic rings. The maximum absolute atomic E-state index is 12.3. The van der Waals surface area contributed by atoms with Crippen molar-refractivity contribution < 1.29 is 13.5 Å². The Labute approximate surface area is 113 Å². The van der Waals surface area contributed by atoms with Crippen LogP contribution in [0.15, 0.2) is 17.0 Å². The number of aliphatic hydroxyl groups is 1. The minimum Gasteiger partial charge on any atom is -0.399 e. The molecule has 1 aliphatic rings. The zero-order chi connectivity index (χ0) is 14.3. The van der Waals surface area contributed by atoms with E-state index in [4.69, 9.17) is 5.73 Å². The van der Waals surface area contributed by atoms with Gasteiger partial charge in [0.1, 0.15) is 0 Å². The van der Waals surface area contributed by atoms with E-state index in [2.05, 4.69) is 4.72 Å². The third-order valence-electron chi connectivity index (χ3n) is 3.68. The molecule has 0 atom stereocenters. The zero-order valence-electron chi connectivity index (χ0n) is 11.2. The Morgan fingerprint density at radius 3 is 2.26 bits per heavy atom. The molecular formula is C13H20N2O3S. The average Bonchev–Trinajstić information content (AvgIpc) is 3.05. The van der Waals surface area contributed by atoms with Crippen molar-refractivity contribution in [3.05, 3.63) is 23.3 Å². The number of hydrogen-bond acceptors (Lipinski definition) is 4. The highest BCUT2D eigenvalue weighted by Crippen LogP contribution is 2.44. The van der Waals surface area contributed by atoms with E-state index in [-0.39, 0.29) is 23.5 Å². The number of nitrogen functional groups attached to an aromatic ring is 1. The molecule has 0 bridgehead atoms. The molecule has 0 heterocycles. The highest BCUT2D eigenvalue weighted by atomic mass is 32.2. The van der Waals surface area contributed by atoms with Gasteiger partial charge in [0.2, 0.25) is 10.0 Å². The Morgan fingerprint density at radius 1 is 1.32 bits per heavy atom. The van der Waals surface area contributed by atoms with Crippen LogP contribution in [-0.2, 0) is 10.0 Å². The molecule has 0 aliphatic heterocycles. The Balaban J connectivity index is 2.25. The SMILES string of the molecule is Cc1cc(N)cc(C)c1S(=O)(=O)NCC1(CO)CC1. The number of nitrogens with two attached hydrogens (primary N) is 1. The first-order chi connectivity index (χ1) is 8.80. The molecule has 4 N–H and O–H groups in total. The number of rotatable bonds is 5. The molecule has 0 aromatic heterocycles. The van der Waals surface area contributed by atoms with Crippen LogP contribution in [0.4, 0.5) is 5.69 Å². The summed E-state index contributed by atoms with van der Waals surface area (Å²) in [5.74, 6) is 0. The summed E-state index contributed by atoms with van der Waals surface area (Å²) in [5.41, 5.74) is 7.28. The molecule has 0 saturated heterocycles. The number of anilines is 1. The molecule has 0 spiro atoms. The van der Waals surface area contributed by atoms with Crippen LogP contribution in [0, 0.1) is 19.3 Å². The number of hydrogen-bond donors (Lipinski definition) is 3. The summed E-state index contributed by atoms with van der Waals surface area (Å²) in [6, 6.07) is 3.31. The minimum absolute atomic E-state index is 0.0230. The van der Waals surface area contributed by atoms with Crippen LogP contribution < -0.4 is 10.5 Å². The van der Waals surface area contributed by atoms with Crippen LogP contribution in [0.5, 0.6) is 0 Å². The quantitative estimate of drug-likeness (QED) is 0.702. The van der Waals surface area contributed by atoms with Crippen LogP contribution in [0.2, 0.25) is 0 Å². The van der Waals surface area contributed by atoms with Crippen molar-refractivity contribution in [2.24, 2.45) is 5.41 Å². The lowest BCUT2D eigenvalue weighted by molar-refractivity contribution is 0.213. The van der Waals surface area contributed by atoms with Gasteiger partial charge in [-0.25, -0.2) is 13.1 Å². The van der Waals surface area contributed by atoms with E-state index < -0.39 is 10.0 Å². The van der Waals surface area contributed by atoms with Crippen LogP contribution in [0.25, 0.3) is 0 Å². The molecule has 0 radical (unpaired) electrons. The minimum atomic E-state index is -3.56. The molecule has 1 saturated carbocycles. The smallest absolute Gasteiger partial charge is 0.241 e. The summed E-state index contributed by atoms with van der Waals surface area (Å²) < 4.78 is 27.3. The molecule has 2 rings (SSSR count). The zero-order valence-corrected chi connectivity index (χ0v) is 12.0. The Bertz CT molecular complexity index is 569. The summed E-state index contributed by atoms with van der Waals surface area (Å²) >= 11 is 0. The molecule has 1 fully saturated rings. The van der Waals surface area contributed by atoms with Crippen molar-refractivity contribution in [3.63, 3.8) is 0 Å². The predicted molar refractivity (Wildman–Crippen MR) is 74.3 cm³/mol. The fourth-order valence-corrected chi connectivity index (χ4v) is 3.90. The first-order valence-electron chi connectivity index (χ1n) is 6.27. The van der Waals surface area contributed by atoms with E-state index in [0.29, 0.717) is 16.8 Å². The molecule has 0 amide bonds. The highest BCUT2D eigenvalue weighted by molar-refractivity contribution is 7.89. The lowest BCUT2D eigenvalue weighted by Crippen LogP contribution is -2.32. The van der Waals surface area contributed by atoms with Crippen molar-refractivity contribution in [2.75, 3.05) is 18.9 Å². The normalized spacial score (nSPS) is 17.4. The fraction of sp³-hybridized carbons (Fsp3) is 0.538. The molecule has 5 nitrogen and oxygen atoms in total. The molecule has 19 heavy (non-hydrogen) atoms. The highest BCUT2D eigenvalue weighted by Gasteiger charge is 2.42. The first kappa shape index (κ1) is 14.3. The maximum Gasteiger partial charge on any atom is 0.241 e. The van der Waals surface area contributed by atoms with E-state index in [1.165, 1.54) is 0 Å². The predicted octanol–water partition coefficient (Wildman–Crippen LogP) is 0.936. The topological polar surface area (TPSA) is 92.4 Å². The van der Waals surface area contributed by atoms with Crippen molar-refractivity contribution in [3.8, 4) is 0 Å². The monoisotopic (exact) mass is 284 g/mol. The van der Waals surface area contributed by atoms with Gasteiger partial charge in [-0.05, 0) is 49.9 Å². The number of nitrogens with one attached hydrogen (secondary N) is 1. The van der Waals surface area contributed by atoms with E-state index in [9.17, 15) is 13.5 Å². The van der Waals surface area contributed by atoms with Gasteiger partial charge in [0.25, 0.3) is 0 Å². The average molecular weight is 284 g/mol. The summed E-state index contributed by atoms with van der Waals surface area (Å²) in [7, 11) is -3.56. The number of aliphatic hydroxyl groups excluding tert-OH is 1.